The fourth-order valence-electron chi connectivity index (χ4n) is 2.86. The molecule has 2 aliphatic rings. The first-order valence-corrected chi connectivity index (χ1v) is 8.85. The highest BCUT2D eigenvalue weighted by Gasteiger charge is 2.40. The van der Waals surface area contributed by atoms with Gasteiger partial charge in [0.1, 0.15) is 5.75 Å². The number of hydrogen-bond donors (Lipinski definition) is 1. The Hall–Kier alpha value is -1.60. The fourth-order valence-corrected chi connectivity index (χ4v) is 4.17. The number of benzene rings is 1. The van der Waals surface area contributed by atoms with E-state index in [-0.39, 0.29) is 23.3 Å². The summed E-state index contributed by atoms with van der Waals surface area (Å²) in [6.07, 6.45) is 2.30. The maximum atomic E-state index is 12.5. The third kappa shape index (κ3) is 2.96. The Labute approximate surface area is 130 Å². The van der Waals surface area contributed by atoms with Gasteiger partial charge in [0, 0.05) is 25.0 Å². The van der Waals surface area contributed by atoms with Crippen LogP contribution >= 0.6 is 0 Å². The van der Waals surface area contributed by atoms with Crippen LogP contribution in [0.3, 0.4) is 0 Å². The molecule has 2 fully saturated rings. The van der Waals surface area contributed by atoms with E-state index in [9.17, 15) is 13.2 Å². The van der Waals surface area contributed by atoms with E-state index >= 15 is 0 Å². The van der Waals surface area contributed by atoms with Gasteiger partial charge in [-0.1, -0.05) is 0 Å². The Balaban J connectivity index is 1.73. The summed E-state index contributed by atoms with van der Waals surface area (Å²) in [6, 6.07) is 4.71. The minimum absolute atomic E-state index is 0.0427. The van der Waals surface area contributed by atoms with Crippen LogP contribution in [0, 0.1) is 6.92 Å². The van der Waals surface area contributed by atoms with E-state index in [0.29, 0.717) is 18.3 Å². The van der Waals surface area contributed by atoms with Crippen molar-refractivity contribution in [3.05, 3.63) is 23.8 Å². The lowest BCUT2D eigenvalue weighted by Crippen LogP contribution is -2.37. The number of nitrogens with zero attached hydrogens (tertiary/aromatic N) is 1. The molecule has 1 atom stereocenters. The van der Waals surface area contributed by atoms with Crippen LogP contribution in [0.1, 0.15) is 24.8 Å². The molecule has 1 aromatic carbocycles. The standard InChI is InChI=1S/C15H20N2O4S/c1-10-7-13(5-6-14(10)21-2)22(19,20)16-11-8-15(18)17(9-11)12-3-4-12/h5-7,11-12,16H,3-4,8-9H2,1-2H3. The van der Waals surface area contributed by atoms with Crippen LogP contribution in [0.4, 0.5) is 0 Å². The summed E-state index contributed by atoms with van der Waals surface area (Å²) in [5, 5.41) is 0. The molecular formula is C15H20N2O4S. The Bertz CT molecular complexity index is 697. The van der Waals surface area contributed by atoms with Crippen molar-refractivity contribution in [2.45, 2.75) is 43.2 Å². The molecule has 0 bridgehead atoms. The molecule has 0 radical (unpaired) electrons. The summed E-state index contributed by atoms with van der Waals surface area (Å²) in [7, 11) is -2.08. The number of hydrogen-bond acceptors (Lipinski definition) is 4. The summed E-state index contributed by atoms with van der Waals surface area (Å²) < 4.78 is 32.7. The van der Waals surface area contributed by atoms with Crippen molar-refractivity contribution in [2.75, 3.05) is 13.7 Å². The van der Waals surface area contributed by atoms with Crippen LogP contribution in [0.25, 0.3) is 0 Å². The second-order valence-electron chi connectivity index (χ2n) is 5.93. The molecule has 6 nitrogen and oxygen atoms in total. The number of likely N-dealkylation sites (tertiary alicyclic amines) is 1. The Kier molecular flexibility index (Phi) is 3.86. The van der Waals surface area contributed by atoms with Crippen molar-refractivity contribution >= 4 is 15.9 Å². The fraction of sp³-hybridized carbons (Fsp3) is 0.533. The average Bonchev–Trinajstić information content (AvgIpc) is 3.23. The second-order valence-corrected chi connectivity index (χ2v) is 7.65. The molecule has 22 heavy (non-hydrogen) atoms. The molecular weight excluding hydrogens is 304 g/mol. The Morgan fingerprint density at radius 3 is 2.64 bits per heavy atom. The molecule has 1 unspecified atom stereocenters. The molecule has 120 valence electrons. The second kappa shape index (κ2) is 5.55. The quantitative estimate of drug-likeness (QED) is 0.878. The molecule has 1 aromatic rings. The maximum absolute atomic E-state index is 12.5. The van der Waals surface area contributed by atoms with Crippen LogP contribution in [-0.2, 0) is 14.8 Å². The zero-order chi connectivity index (χ0) is 15.9. The molecule has 1 N–H and O–H groups in total. The number of rotatable bonds is 5. The maximum Gasteiger partial charge on any atom is 0.240 e. The average molecular weight is 324 g/mol. The molecule has 1 saturated heterocycles. The van der Waals surface area contributed by atoms with Crippen molar-refractivity contribution in [3.63, 3.8) is 0 Å². The van der Waals surface area contributed by atoms with Crippen LogP contribution in [0.2, 0.25) is 0 Å². The van der Waals surface area contributed by atoms with Gasteiger partial charge in [-0.2, -0.15) is 0 Å². The summed E-state index contributed by atoms with van der Waals surface area (Å²) in [5.41, 5.74) is 0.757. The summed E-state index contributed by atoms with van der Waals surface area (Å²) in [6.45, 7) is 2.27. The lowest BCUT2D eigenvalue weighted by Gasteiger charge is -2.16. The molecule has 3 rings (SSSR count). The molecule has 7 heteroatoms. The van der Waals surface area contributed by atoms with E-state index in [1.165, 1.54) is 6.07 Å². The van der Waals surface area contributed by atoms with E-state index in [0.717, 1.165) is 18.4 Å². The molecule has 1 saturated carbocycles. The number of aryl methyl sites for hydroxylation is 1. The first-order valence-electron chi connectivity index (χ1n) is 7.37. The molecule has 0 aromatic heterocycles. The minimum atomic E-state index is -3.63. The van der Waals surface area contributed by atoms with Gasteiger partial charge in [0.05, 0.1) is 12.0 Å². The first-order chi connectivity index (χ1) is 10.4. The van der Waals surface area contributed by atoms with Crippen molar-refractivity contribution in [1.29, 1.82) is 0 Å². The normalized spacial score (nSPS) is 22.2. The van der Waals surface area contributed by atoms with E-state index in [1.54, 1.807) is 31.1 Å². The highest BCUT2D eigenvalue weighted by Crippen LogP contribution is 2.31. The Morgan fingerprint density at radius 1 is 1.32 bits per heavy atom. The first kappa shape index (κ1) is 15.3. The van der Waals surface area contributed by atoms with Crippen molar-refractivity contribution < 1.29 is 17.9 Å². The van der Waals surface area contributed by atoms with Gasteiger partial charge in [0.2, 0.25) is 15.9 Å². The number of methoxy groups -OCH3 is 1. The Morgan fingerprint density at radius 2 is 2.05 bits per heavy atom. The van der Waals surface area contributed by atoms with E-state index in [1.807, 2.05) is 0 Å². The van der Waals surface area contributed by atoms with Crippen molar-refractivity contribution in [2.24, 2.45) is 0 Å². The molecule has 1 amide bonds. The highest BCUT2D eigenvalue weighted by molar-refractivity contribution is 7.89. The third-order valence-corrected chi connectivity index (χ3v) is 5.66. The van der Waals surface area contributed by atoms with E-state index in [2.05, 4.69) is 4.72 Å². The van der Waals surface area contributed by atoms with Gasteiger partial charge in [-0.25, -0.2) is 13.1 Å². The zero-order valence-electron chi connectivity index (χ0n) is 12.7. The number of nitrogens with one attached hydrogen (secondary N) is 1. The molecule has 1 aliphatic carbocycles. The predicted molar refractivity (Wildman–Crippen MR) is 81.2 cm³/mol. The van der Waals surface area contributed by atoms with Crippen LogP contribution in [0.15, 0.2) is 23.1 Å². The zero-order valence-corrected chi connectivity index (χ0v) is 13.5. The van der Waals surface area contributed by atoms with Crippen LogP contribution < -0.4 is 9.46 Å². The van der Waals surface area contributed by atoms with Gasteiger partial charge in [-0.15, -0.1) is 0 Å². The number of carbonyl (C=O) groups is 1. The van der Waals surface area contributed by atoms with Crippen molar-refractivity contribution in [1.82, 2.24) is 9.62 Å². The van der Waals surface area contributed by atoms with Crippen LogP contribution in [-0.4, -0.2) is 45.0 Å². The lowest BCUT2D eigenvalue weighted by molar-refractivity contribution is -0.128. The van der Waals surface area contributed by atoms with Gasteiger partial charge in [0.15, 0.2) is 0 Å². The van der Waals surface area contributed by atoms with Gasteiger partial charge < -0.3 is 9.64 Å². The van der Waals surface area contributed by atoms with Crippen molar-refractivity contribution in [3.8, 4) is 5.75 Å². The smallest absolute Gasteiger partial charge is 0.240 e. The largest absolute Gasteiger partial charge is 0.496 e. The van der Waals surface area contributed by atoms with Gasteiger partial charge in [-0.05, 0) is 43.5 Å². The number of sulfonamides is 1. The molecule has 0 spiro atoms. The summed E-state index contributed by atoms with van der Waals surface area (Å²) in [4.78, 5) is 13.9. The number of amides is 1. The lowest BCUT2D eigenvalue weighted by atomic mass is 10.2. The highest BCUT2D eigenvalue weighted by atomic mass is 32.2. The molecule has 1 heterocycles. The van der Waals surface area contributed by atoms with E-state index < -0.39 is 10.0 Å². The third-order valence-electron chi connectivity index (χ3n) is 4.14. The van der Waals surface area contributed by atoms with Crippen LogP contribution in [0.5, 0.6) is 5.75 Å². The number of ether oxygens (including phenoxy) is 1. The topological polar surface area (TPSA) is 75.7 Å². The summed E-state index contributed by atoms with van der Waals surface area (Å²) >= 11 is 0. The van der Waals surface area contributed by atoms with E-state index in [4.69, 9.17) is 4.74 Å². The molecule has 1 aliphatic heterocycles. The number of carbonyl (C=O) groups excluding carboxylic acids is 1. The van der Waals surface area contributed by atoms with Gasteiger partial charge in [0.25, 0.3) is 0 Å². The van der Waals surface area contributed by atoms with Gasteiger partial charge >= 0.3 is 0 Å². The van der Waals surface area contributed by atoms with Gasteiger partial charge in [-0.3, -0.25) is 4.79 Å². The predicted octanol–water partition coefficient (Wildman–Crippen LogP) is 1.05. The monoisotopic (exact) mass is 324 g/mol. The minimum Gasteiger partial charge on any atom is -0.496 e. The SMILES string of the molecule is COc1ccc(S(=O)(=O)NC2CC(=O)N(C3CC3)C2)cc1C. The summed E-state index contributed by atoms with van der Waals surface area (Å²) in [5.74, 6) is 0.691.